The van der Waals surface area contributed by atoms with Crippen molar-refractivity contribution in [1.82, 2.24) is 5.32 Å². The molecule has 0 saturated carbocycles. The van der Waals surface area contributed by atoms with Crippen molar-refractivity contribution in [1.29, 1.82) is 0 Å². The molecule has 0 saturated heterocycles. The van der Waals surface area contributed by atoms with Crippen LogP contribution in [0.25, 0.3) is 0 Å². The lowest BCUT2D eigenvalue weighted by Gasteiger charge is -2.25. The fraction of sp³-hybridized carbons (Fsp3) is 0.778. The molecular weight excluding hydrogens is 202 g/mol. The highest BCUT2D eigenvalue weighted by Crippen LogP contribution is 2.04. The van der Waals surface area contributed by atoms with E-state index >= 15 is 0 Å². The van der Waals surface area contributed by atoms with Crippen LogP contribution in [0.5, 0.6) is 0 Å². The van der Waals surface area contributed by atoms with Gasteiger partial charge < -0.3 is 30.8 Å². The Balaban J connectivity index is 3.95. The number of rotatable bonds is 8. The number of hydrogen-bond acceptors (Lipinski definition) is 6. The summed E-state index contributed by atoms with van der Waals surface area (Å²) in [5.41, 5.74) is 0. The zero-order valence-corrected chi connectivity index (χ0v) is 8.45. The highest BCUT2D eigenvalue weighted by atomic mass is 16.4. The molecule has 0 heterocycles. The van der Waals surface area contributed by atoms with Crippen LogP contribution in [0.3, 0.4) is 0 Å². The molecule has 4 atom stereocenters. The van der Waals surface area contributed by atoms with Gasteiger partial charge in [-0.3, -0.25) is 0 Å². The summed E-state index contributed by atoms with van der Waals surface area (Å²) in [6.45, 7) is 3.29. The first kappa shape index (κ1) is 14.5. The van der Waals surface area contributed by atoms with Crippen molar-refractivity contribution in [2.24, 2.45) is 0 Å². The average Bonchev–Trinajstić information content (AvgIpc) is 2.26. The molecule has 0 fully saturated rings. The second kappa shape index (κ2) is 7.75. The maximum Gasteiger partial charge on any atom is 0.111 e. The number of hydrogen-bond donors (Lipinski definition) is 6. The van der Waals surface area contributed by atoms with Crippen LogP contribution in [0, 0.1) is 0 Å². The Morgan fingerprint density at radius 2 is 1.60 bits per heavy atom. The molecular formula is C9H19NO5. The molecule has 0 aliphatic carbocycles. The molecule has 6 N–H and O–H groups in total. The maximum atomic E-state index is 9.36. The highest BCUT2D eigenvalue weighted by molar-refractivity contribution is 4.82. The van der Waals surface area contributed by atoms with Gasteiger partial charge in [0.25, 0.3) is 0 Å². The summed E-state index contributed by atoms with van der Waals surface area (Å²) >= 11 is 0. The van der Waals surface area contributed by atoms with Crippen LogP contribution < -0.4 is 5.32 Å². The van der Waals surface area contributed by atoms with Crippen molar-refractivity contribution in [3.05, 3.63) is 12.7 Å². The fourth-order valence-corrected chi connectivity index (χ4v) is 1.02. The van der Waals surface area contributed by atoms with Gasteiger partial charge in [0.2, 0.25) is 0 Å². The molecule has 0 aromatic carbocycles. The molecule has 0 aromatic rings. The normalized spacial score (nSPS) is 19.3. The number of aliphatic hydroxyl groups excluding tert-OH is 5. The minimum atomic E-state index is -1.57. The van der Waals surface area contributed by atoms with Crippen LogP contribution in [-0.4, -0.2) is 69.6 Å². The van der Waals surface area contributed by atoms with Gasteiger partial charge in [-0.1, -0.05) is 6.08 Å². The molecule has 90 valence electrons. The van der Waals surface area contributed by atoms with E-state index in [2.05, 4.69) is 11.9 Å². The molecule has 0 radical (unpaired) electrons. The van der Waals surface area contributed by atoms with E-state index in [0.717, 1.165) is 0 Å². The molecule has 0 aliphatic heterocycles. The van der Waals surface area contributed by atoms with Gasteiger partial charge >= 0.3 is 0 Å². The summed E-state index contributed by atoms with van der Waals surface area (Å²) in [6, 6.07) is 0. The summed E-state index contributed by atoms with van der Waals surface area (Å²) in [6.07, 6.45) is -4.19. The first-order chi connectivity index (χ1) is 7.04. The van der Waals surface area contributed by atoms with E-state index < -0.39 is 31.0 Å². The lowest BCUT2D eigenvalue weighted by molar-refractivity contribution is -0.113. The molecule has 0 rings (SSSR count). The van der Waals surface area contributed by atoms with Gasteiger partial charge in [0, 0.05) is 13.1 Å². The Hall–Kier alpha value is -0.500. The molecule has 0 spiro atoms. The largest absolute Gasteiger partial charge is 0.394 e. The van der Waals surface area contributed by atoms with Gasteiger partial charge in [0.15, 0.2) is 0 Å². The van der Waals surface area contributed by atoms with Crippen LogP contribution in [-0.2, 0) is 0 Å². The third kappa shape index (κ3) is 5.22. The zero-order valence-electron chi connectivity index (χ0n) is 8.45. The van der Waals surface area contributed by atoms with Crippen LogP contribution >= 0.6 is 0 Å². The van der Waals surface area contributed by atoms with E-state index in [1.54, 1.807) is 6.08 Å². The fourth-order valence-electron chi connectivity index (χ4n) is 1.02. The Morgan fingerprint density at radius 1 is 1.07 bits per heavy atom. The smallest absolute Gasteiger partial charge is 0.111 e. The SMILES string of the molecule is C=CCNC[C@H](O)[C@@H](O)[C@H](O)[C@H](O)CO. The number of aliphatic hydroxyl groups is 5. The zero-order chi connectivity index (χ0) is 11.8. The van der Waals surface area contributed by atoms with Crippen molar-refractivity contribution >= 4 is 0 Å². The predicted molar refractivity (Wildman–Crippen MR) is 54.2 cm³/mol. The first-order valence-electron chi connectivity index (χ1n) is 4.69. The Kier molecular flexibility index (Phi) is 7.49. The predicted octanol–water partition coefficient (Wildman–Crippen LogP) is -2.80. The topological polar surface area (TPSA) is 113 Å². The van der Waals surface area contributed by atoms with E-state index in [1.165, 1.54) is 0 Å². The quantitative estimate of drug-likeness (QED) is 0.195. The van der Waals surface area contributed by atoms with Crippen LogP contribution in [0.2, 0.25) is 0 Å². The third-order valence-electron chi connectivity index (χ3n) is 1.97. The summed E-state index contributed by atoms with van der Waals surface area (Å²) in [7, 11) is 0. The summed E-state index contributed by atoms with van der Waals surface area (Å²) in [5.74, 6) is 0. The van der Waals surface area contributed by atoms with Gasteiger partial charge in [0.05, 0.1) is 12.7 Å². The second-order valence-electron chi connectivity index (χ2n) is 3.25. The van der Waals surface area contributed by atoms with E-state index in [0.29, 0.717) is 6.54 Å². The Morgan fingerprint density at radius 3 is 2.07 bits per heavy atom. The van der Waals surface area contributed by atoms with Crippen LogP contribution in [0.4, 0.5) is 0 Å². The molecule has 6 nitrogen and oxygen atoms in total. The van der Waals surface area contributed by atoms with Gasteiger partial charge in [0.1, 0.15) is 18.3 Å². The van der Waals surface area contributed by atoms with Crippen LogP contribution in [0.1, 0.15) is 0 Å². The van der Waals surface area contributed by atoms with E-state index in [4.69, 9.17) is 10.2 Å². The van der Waals surface area contributed by atoms with Crippen molar-refractivity contribution in [3.8, 4) is 0 Å². The second-order valence-corrected chi connectivity index (χ2v) is 3.25. The third-order valence-corrected chi connectivity index (χ3v) is 1.97. The lowest BCUT2D eigenvalue weighted by Crippen LogP contribution is -2.49. The molecule has 0 aliphatic rings. The van der Waals surface area contributed by atoms with Gasteiger partial charge in [-0.15, -0.1) is 6.58 Å². The van der Waals surface area contributed by atoms with Crippen molar-refractivity contribution in [2.75, 3.05) is 19.7 Å². The number of nitrogens with one attached hydrogen (secondary N) is 1. The lowest BCUT2D eigenvalue weighted by atomic mass is 10.0. The summed E-state index contributed by atoms with van der Waals surface area (Å²) in [5, 5.41) is 48.2. The Bertz CT molecular complexity index is 178. The average molecular weight is 221 g/mol. The summed E-state index contributed by atoms with van der Waals surface area (Å²) in [4.78, 5) is 0. The van der Waals surface area contributed by atoms with Crippen molar-refractivity contribution in [2.45, 2.75) is 24.4 Å². The monoisotopic (exact) mass is 221 g/mol. The highest BCUT2D eigenvalue weighted by Gasteiger charge is 2.29. The summed E-state index contributed by atoms with van der Waals surface area (Å²) < 4.78 is 0. The maximum absolute atomic E-state index is 9.36. The molecule has 0 bridgehead atoms. The minimum absolute atomic E-state index is 0.0579. The van der Waals surface area contributed by atoms with E-state index in [9.17, 15) is 15.3 Å². The molecule has 6 heteroatoms. The van der Waals surface area contributed by atoms with Crippen molar-refractivity contribution in [3.63, 3.8) is 0 Å². The van der Waals surface area contributed by atoms with Gasteiger partial charge in [-0.2, -0.15) is 0 Å². The molecule has 0 unspecified atom stereocenters. The van der Waals surface area contributed by atoms with E-state index in [-0.39, 0.29) is 6.54 Å². The van der Waals surface area contributed by atoms with Crippen LogP contribution in [0.15, 0.2) is 12.7 Å². The van der Waals surface area contributed by atoms with E-state index in [1.807, 2.05) is 0 Å². The van der Waals surface area contributed by atoms with Crippen molar-refractivity contribution < 1.29 is 25.5 Å². The standard InChI is InChI=1S/C9H19NO5/c1-2-3-10-4-6(12)8(14)9(15)7(13)5-11/h2,6-15H,1,3-5H2/t6-,7+,8+,9+/m0/s1. The van der Waals surface area contributed by atoms with Gasteiger partial charge in [-0.05, 0) is 0 Å². The molecule has 15 heavy (non-hydrogen) atoms. The Labute approximate surface area is 88.5 Å². The molecule has 0 aromatic heterocycles. The minimum Gasteiger partial charge on any atom is -0.394 e. The molecule has 0 amide bonds. The van der Waals surface area contributed by atoms with Gasteiger partial charge in [-0.25, -0.2) is 0 Å². The first-order valence-corrected chi connectivity index (χ1v) is 4.69.